The predicted molar refractivity (Wildman–Crippen MR) is 90.0 cm³/mol. The molecule has 0 saturated heterocycles. The van der Waals surface area contributed by atoms with Gasteiger partial charge in [-0.2, -0.15) is 0 Å². The van der Waals surface area contributed by atoms with E-state index in [9.17, 15) is 4.79 Å². The molecular weight excluding hydrogens is 326 g/mol. The molecule has 0 spiro atoms. The molecule has 0 fully saturated rings. The molecule has 1 amide bonds. The third kappa shape index (κ3) is 2.73. The van der Waals surface area contributed by atoms with Gasteiger partial charge in [0.05, 0.1) is 17.1 Å². The van der Waals surface area contributed by atoms with Crippen LogP contribution in [0.15, 0.2) is 30.7 Å². The summed E-state index contributed by atoms with van der Waals surface area (Å²) >= 11 is 6.01. The van der Waals surface area contributed by atoms with E-state index in [4.69, 9.17) is 11.6 Å². The average Bonchev–Trinajstić information content (AvgIpc) is 3.01. The van der Waals surface area contributed by atoms with E-state index < -0.39 is 0 Å². The molecule has 6 nitrogen and oxygen atoms in total. The maximum atomic E-state index is 12.6. The van der Waals surface area contributed by atoms with E-state index in [1.807, 2.05) is 6.20 Å². The first-order chi connectivity index (χ1) is 11.7. The molecule has 3 aromatic rings. The van der Waals surface area contributed by atoms with E-state index in [1.165, 1.54) is 5.56 Å². The van der Waals surface area contributed by atoms with Crippen LogP contribution >= 0.6 is 11.6 Å². The van der Waals surface area contributed by atoms with Crippen LogP contribution in [-0.4, -0.2) is 25.5 Å². The third-order valence-corrected chi connectivity index (χ3v) is 4.58. The highest BCUT2D eigenvalue weighted by molar-refractivity contribution is 6.30. The van der Waals surface area contributed by atoms with Gasteiger partial charge in [0.25, 0.3) is 5.91 Å². The van der Waals surface area contributed by atoms with E-state index in [0.717, 1.165) is 31.2 Å². The van der Waals surface area contributed by atoms with Crippen LogP contribution in [0.2, 0.25) is 5.02 Å². The number of rotatable bonds is 3. The fourth-order valence-electron chi connectivity index (χ4n) is 3.14. The molecule has 0 unspecified atom stereocenters. The standard InChI is InChI=1S/C17H16ClN5O/c18-12-5-6-15-21-22-16(23(15)10-12)9-20-17(24)14-8-19-7-11-3-1-2-4-13(11)14/h5-8,10H,1-4,9H2,(H,20,24). The van der Waals surface area contributed by atoms with E-state index >= 15 is 0 Å². The van der Waals surface area contributed by atoms with Gasteiger partial charge in [-0.3, -0.25) is 14.2 Å². The van der Waals surface area contributed by atoms with Gasteiger partial charge in [-0.15, -0.1) is 10.2 Å². The molecule has 1 N–H and O–H groups in total. The molecule has 0 bridgehead atoms. The van der Waals surface area contributed by atoms with Crippen LogP contribution in [0.25, 0.3) is 5.65 Å². The number of pyridine rings is 2. The fraction of sp³-hybridized carbons (Fsp3) is 0.294. The Labute approximate surface area is 143 Å². The smallest absolute Gasteiger partial charge is 0.253 e. The highest BCUT2D eigenvalue weighted by atomic mass is 35.5. The molecule has 24 heavy (non-hydrogen) atoms. The van der Waals surface area contributed by atoms with Gasteiger partial charge >= 0.3 is 0 Å². The minimum absolute atomic E-state index is 0.125. The molecule has 3 aromatic heterocycles. The van der Waals surface area contributed by atoms with Crippen molar-refractivity contribution in [1.29, 1.82) is 0 Å². The second-order valence-corrected chi connectivity index (χ2v) is 6.34. The summed E-state index contributed by atoms with van der Waals surface area (Å²) in [4.78, 5) is 16.8. The van der Waals surface area contributed by atoms with E-state index in [2.05, 4.69) is 20.5 Å². The van der Waals surface area contributed by atoms with Crippen molar-refractivity contribution in [2.45, 2.75) is 32.2 Å². The van der Waals surface area contributed by atoms with E-state index in [0.29, 0.717) is 22.1 Å². The first kappa shape index (κ1) is 15.1. The Morgan fingerprint density at radius 2 is 2.08 bits per heavy atom. The molecule has 4 rings (SSSR count). The zero-order valence-corrected chi connectivity index (χ0v) is 13.8. The van der Waals surface area contributed by atoms with Gasteiger partial charge in [-0.05, 0) is 48.9 Å². The number of carbonyl (C=O) groups is 1. The molecule has 0 atom stereocenters. The summed E-state index contributed by atoms with van der Waals surface area (Å²) in [6, 6.07) is 3.55. The number of hydrogen-bond acceptors (Lipinski definition) is 4. The normalized spacial score (nSPS) is 13.7. The Balaban J connectivity index is 1.55. The van der Waals surface area contributed by atoms with Gasteiger partial charge in [-0.25, -0.2) is 0 Å². The van der Waals surface area contributed by atoms with Crippen molar-refractivity contribution in [1.82, 2.24) is 24.9 Å². The van der Waals surface area contributed by atoms with Gasteiger partial charge in [0.1, 0.15) is 0 Å². The molecule has 7 heteroatoms. The Kier molecular flexibility index (Phi) is 3.90. The second kappa shape index (κ2) is 6.20. The number of halogens is 1. The number of hydrogen-bond donors (Lipinski definition) is 1. The van der Waals surface area contributed by atoms with Crippen LogP contribution in [0, 0.1) is 0 Å². The summed E-state index contributed by atoms with van der Waals surface area (Å²) < 4.78 is 1.78. The lowest BCUT2D eigenvalue weighted by molar-refractivity contribution is 0.0948. The van der Waals surface area contributed by atoms with Crippen molar-refractivity contribution in [3.8, 4) is 0 Å². The summed E-state index contributed by atoms with van der Waals surface area (Å²) in [5, 5.41) is 11.7. The monoisotopic (exact) mass is 341 g/mol. The number of carbonyl (C=O) groups excluding carboxylic acids is 1. The molecule has 0 saturated carbocycles. The van der Waals surface area contributed by atoms with Gasteiger partial charge in [0.15, 0.2) is 11.5 Å². The number of aryl methyl sites for hydroxylation is 1. The topological polar surface area (TPSA) is 72.2 Å². The summed E-state index contributed by atoms with van der Waals surface area (Å²) in [6.07, 6.45) is 9.47. The first-order valence-electron chi connectivity index (χ1n) is 7.95. The lowest BCUT2D eigenvalue weighted by Gasteiger charge is -2.18. The Hall–Kier alpha value is -2.47. The molecule has 0 radical (unpaired) electrons. The molecule has 1 aliphatic rings. The van der Waals surface area contributed by atoms with Crippen molar-refractivity contribution >= 4 is 23.2 Å². The molecule has 0 aliphatic heterocycles. The van der Waals surface area contributed by atoms with Crippen LogP contribution in [0.4, 0.5) is 0 Å². The first-order valence-corrected chi connectivity index (χ1v) is 8.33. The molecule has 1 aliphatic carbocycles. The number of nitrogens with one attached hydrogen (secondary N) is 1. The predicted octanol–water partition coefficient (Wildman–Crippen LogP) is 2.59. The van der Waals surface area contributed by atoms with Crippen LogP contribution < -0.4 is 5.32 Å². The minimum Gasteiger partial charge on any atom is -0.345 e. The van der Waals surface area contributed by atoms with Crippen molar-refractivity contribution in [2.24, 2.45) is 0 Å². The molecule has 0 aromatic carbocycles. The highest BCUT2D eigenvalue weighted by Crippen LogP contribution is 2.23. The summed E-state index contributed by atoms with van der Waals surface area (Å²) in [5.41, 5.74) is 3.68. The number of fused-ring (bicyclic) bond motifs is 2. The summed E-state index contributed by atoms with van der Waals surface area (Å²) in [5.74, 6) is 0.513. The van der Waals surface area contributed by atoms with Crippen molar-refractivity contribution in [2.75, 3.05) is 0 Å². The lowest BCUT2D eigenvalue weighted by Crippen LogP contribution is -2.26. The second-order valence-electron chi connectivity index (χ2n) is 5.91. The highest BCUT2D eigenvalue weighted by Gasteiger charge is 2.18. The van der Waals surface area contributed by atoms with Crippen molar-refractivity contribution in [3.63, 3.8) is 0 Å². The van der Waals surface area contributed by atoms with Crippen molar-refractivity contribution < 1.29 is 4.79 Å². The summed E-state index contributed by atoms with van der Waals surface area (Å²) in [7, 11) is 0. The van der Waals surface area contributed by atoms with Gasteiger partial charge in [-0.1, -0.05) is 11.6 Å². The SMILES string of the molecule is O=C(NCc1nnc2ccc(Cl)cn12)c1cncc2c1CCCC2. The molecule has 122 valence electrons. The number of aromatic nitrogens is 4. The largest absolute Gasteiger partial charge is 0.345 e. The van der Waals surface area contributed by atoms with Crippen LogP contribution in [-0.2, 0) is 19.4 Å². The maximum absolute atomic E-state index is 12.6. The van der Waals surface area contributed by atoms with Gasteiger partial charge < -0.3 is 5.32 Å². The molecule has 3 heterocycles. The lowest BCUT2D eigenvalue weighted by atomic mass is 9.90. The Bertz CT molecular complexity index is 920. The third-order valence-electron chi connectivity index (χ3n) is 4.36. The average molecular weight is 342 g/mol. The van der Waals surface area contributed by atoms with Crippen LogP contribution in [0.5, 0.6) is 0 Å². The van der Waals surface area contributed by atoms with Crippen molar-refractivity contribution in [3.05, 3.63) is 58.3 Å². The van der Waals surface area contributed by atoms with Gasteiger partial charge in [0.2, 0.25) is 0 Å². The Morgan fingerprint density at radius 3 is 3.00 bits per heavy atom. The van der Waals surface area contributed by atoms with E-state index in [1.54, 1.807) is 28.9 Å². The van der Waals surface area contributed by atoms with E-state index in [-0.39, 0.29) is 12.5 Å². The maximum Gasteiger partial charge on any atom is 0.253 e. The van der Waals surface area contributed by atoms with Gasteiger partial charge in [0, 0.05) is 18.6 Å². The van der Waals surface area contributed by atoms with Crippen LogP contribution in [0.1, 0.15) is 40.2 Å². The molecular formula is C17H16ClN5O. The minimum atomic E-state index is -0.125. The summed E-state index contributed by atoms with van der Waals surface area (Å²) in [6.45, 7) is 0.282. The zero-order chi connectivity index (χ0) is 16.5. The van der Waals surface area contributed by atoms with Crippen LogP contribution in [0.3, 0.4) is 0 Å². The fourth-order valence-corrected chi connectivity index (χ4v) is 3.30. The zero-order valence-electron chi connectivity index (χ0n) is 13.0. The Morgan fingerprint density at radius 1 is 1.21 bits per heavy atom. The quantitative estimate of drug-likeness (QED) is 0.794. The number of nitrogens with zero attached hydrogens (tertiary/aromatic N) is 4. The number of amides is 1.